The van der Waals surface area contributed by atoms with Crippen molar-refractivity contribution in [2.75, 3.05) is 0 Å². The molecule has 0 atom stereocenters. The van der Waals surface area contributed by atoms with Crippen LogP contribution in [0.2, 0.25) is 10.0 Å². The highest BCUT2D eigenvalue weighted by molar-refractivity contribution is 9.10. The van der Waals surface area contributed by atoms with E-state index in [0.29, 0.717) is 23.1 Å². The van der Waals surface area contributed by atoms with Crippen LogP contribution in [0.25, 0.3) is 0 Å². The zero-order chi connectivity index (χ0) is 19.2. The minimum atomic E-state index is -0.236. The van der Waals surface area contributed by atoms with E-state index in [1.165, 1.54) is 12.1 Å². The number of nitrogens with one attached hydrogen (secondary N) is 1. The zero-order valence-electron chi connectivity index (χ0n) is 14.3. The molecule has 0 aliphatic carbocycles. The number of benzene rings is 3. The smallest absolute Gasteiger partial charge is 0.124 e. The summed E-state index contributed by atoms with van der Waals surface area (Å²) in [5, 5.41) is 4.51. The van der Waals surface area contributed by atoms with Gasteiger partial charge in [-0.3, -0.25) is 0 Å². The van der Waals surface area contributed by atoms with Crippen LogP contribution in [0.1, 0.15) is 16.7 Å². The predicted octanol–water partition coefficient (Wildman–Crippen LogP) is 6.76. The van der Waals surface area contributed by atoms with E-state index in [9.17, 15) is 4.39 Å². The minimum Gasteiger partial charge on any atom is -0.488 e. The van der Waals surface area contributed by atoms with Crippen molar-refractivity contribution in [3.05, 3.63) is 97.7 Å². The molecule has 0 aliphatic heterocycles. The molecule has 0 saturated heterocycles. The van der Waals surface area contributed by atoms with Crippen LogP contribution < -0.4 is 10.1 Å². The monoisotopic (exact) mass is 467 g/mol. The Morgan fingerprint density at radius 2 is 1.63 bits per heavy atom. The van der Waals surface area contributed by atoms with E-state index in [-0.39, 0.29) is 12.4 Å². The van der Waals surface area contributed by atoms with Crippen LogP contribution >= 0.6 is 39.1 Å². The van der Waals surface area contributed by atoms with Gasteiger partial charge in [-0.05, 0) is 48.0 Å². The van der Waals surface area contributed by atoms with Crippen molar-refractivity contribution < 1.29 is 9.13 Å². The van der Waals surface area contributed by atoms with Crippen LogP contribution in [0.5, 0.6) is 5.75 Å². The fourth-order valence-electron chi connectivity index (χ4n) is 2.59. The molecular formula is C21H17BrCl2FNO. The number of hydrogen-bond acceptors (Lipinski definition) is 2. The predicted molar refractivity (Wildman–Crippen MR) is 112 cm³/mol. The van der Waals surface area contributed by atoms with E-state index in [1.807, 2.05) is 18.2 Å². The highest BCUT2D eigenvalue weighted by Gasteiger charge is 2.09. The van der Waals surface area contributed by atoms with Crippen molar-refractivity contribution in [2.45, 2.75) is 19.7 Å². The molecule has 0 bridgehead atoms. The standard InChI is InChI=1S/C21H17BrCl2FNO/c22-16-6-9-21(27-13-18-19(23)2-1-3-20(18)24)15(10-16)12-26-11-14-4-7-17(25)8-5-14/h1-10,26H,11-13H2. The number of rotatable bonds is 7. The normalized spacial score (nSPS) is 10.8. The van der Waals surface area contributed by atoms with Crippen molar-refractivity contribution in [2.24, 2.45) is 0 Å². The second-order valence-corrected chi connectivity index (χ2v) is 7.70. The Hall–Kier alpha value is -1.59. The largest absolute Gasteiger partial charge is 0.488 e. The van der Waals surface area contributed by atoms with Crippen LogP contribution in [0.15, 0.2) is 65.1 Å². The third-order valence-electron chi connectivity index (χ3n) is 4.01. The molecule has 0 aliphatic rings. The molecule has 3 aromatic rings. The first kappa shape index (κ1) is 20.2. The lowest BCUT2D eigenvalue weighted by Gasteiger charge is -2.14. The maximum atomic E-state index is 13.0. The Balaban J connectivity index is 1.66. The Morgan fingerprint density at radius 1 is 0.926 bits per heavy atom. The van der Waals surface area contributed by atoms with Gasteiger partial charge in [0.25, 0.3) is 0 Å². The van der Waals surface area contributed by atoms with Crippen molar-refractivity contribution in [3.63, 3.8) is 0 Å². The minimum absolute atomic E-state index is 0.236. The molecule has 27 heavy (non-hydrogen) atoms. The molecule has 140 valence electrons. The van der Waals surface area contributed by atoms with Crippen molar-refractivity contribution in [3.8, 4) is 5.75 Å². The third-order valence-corrected chi connectivity index (χ3v) is 5.22. The number of halogens is 4. The summed E-state index contributed by atoms with van der Waals surface area (Å²) < 4.78 is 19.9. The van der Waals surface area contributed by atoms with Crippen molar-refractivity contribution in [1.29, 1.82) is 0 Å². The van der Waals surface area contributed by atoms with Gasteiger partial charge in [0.1, 0.15) is 18.2 Å². The Bertz CT molecular complexity index is 898. The summed E-state index contributed by atoms with van der Waals surface area (Å²) in [7, 11) is 0. The summed E-state index contributed by atoms with van der Waals surface area (Å²) in [4.78, 5) is 0. The van der Waals surface area contributed by atoms with Gasteiger partial charge in [-0.25, -0.2) is 4.39 Å². The van der Waals surface area contributed by atoms with Crippen LogP contribution in [-0.4, -0.2) is 0 Å². The average molecular weight is 469 g/mol. The lowest BCUT2D eigenvalue weighted by atomic mass is 10.1. The average Bonchev–Trinajstić information content (AvgIpc) is 2.64. The van der Waals surface area contributed by atoms with Crippen LogP contribution in [0.3, 0.4) is 0 Å². The molecule has 1 N–H and O–H groups in total. The van der Waals surface area contributed by atoms with Crippen LogP contribution in [-0.2, 0) is 19.7 Å². The first-order valence-corrected chi connectivity index (χ1v) is 9.87. The van der Waals surface area contributed by atoms with Gasteiger partial charge in [0, 0.05) is 38.7 Å². The maximum absolute atomic E-state index is 13.0. The SMILES string of the molecule is Fc1ccc(CNCc2cc(Br)ccc2OCc2c(Cl)cccc2Cl)cc1. The molecule has 0 unspecified atom stereocenters. The van der Waals surface area contributed by atoms with Crippen LogP contribution in [0, 0.1) is 5.82 Å². The maximum Gasteiger partial charge on any atom is 0.124 e. The van der Waals surface area contributed by atoms with E-state index in [1.54, 1.807) is 30.3 Å². The molecule has 0 heterocycles. The van der Waals surface area contributed by atoms with Gasteiger partial charge in [-0.1, -0.05) is 57.3 Å². The Morgan fingerprint density at radius 3 is 2.33 bits per heavy atom. The first-order valence-electron chi connectivity index (χ1n) is 8.32. The molecule has 0 fully saturated rings. The van der Waals surface area contributed by atoms with Crippen molar-refractivity contribution in [1.82, 2.24) is 5.32 Å². The fraction of sp³-hybridized carbons (Fsp3) is 0.143. The van der Waals surface area contributed by atoms with Crippen molar-refractivity contribution >= 4 is 39.1 Å². The number of hydrogen-bond donors (Lipinski definition) is 1. The summed E-state index contributed by atoms with van der Waals surface area (Å²) in [6.45, 7) is 1.51. The van der Waals surface area contributed by atoms with E-state index in [2.05, 4.69) is 21.2 Å². The molecule has 0 saturated carbocycles. The lowest BCUT2D eigenvalue weighted by Crippen LogP contribution is -2.13. The molecule has 0 spiro atoms. The van der Waals surface area contributed by atoms with Gasteiger partial charge in [0.05, 0.1) is 0 Å². The molecule has 3 rings (SSSR count). The molecule has 0 aromatic heterocycles. The first-order chi connectivity index (χ1) is 13.0. The summed E-state index contributed by atoms with van der Waals surface area (Å²) in [5.74, 6) is 0.514. The summed E-state index contributed by atoms with van der Waals surface area (Å²) in [6, 6.07) is 17.7. The summed E-state index contributed by atoms with van der Waals surface area (Å²) in [5.41, 5.74) is 2.76. The second-order valence-electron chi connectivity index (χ2n) is 5.97. The molecule has 6 heteroatoms. The van der Waals surface area contributed by atoms with E-state index < -0.39 is 0 Å². The molecular weight excluding hydrogens is 452 g/mol. The zero-order valence-corrected chi connectivity index (χ0v) is 17.4. The van der Waals surface area contributed by atoms with Gasteiger partial charge in [-0.2, -0.15) is 0 Å². The Kier molecular flexibility index (Phi) is 7.13. The third kappa shape index (κ3) is 5.69. The van der Waals surface area contributed by atoms with Gasteiger partial charge >= 0.3 is 0 Å². The number of ether oxygens (including phenoxy) is 1. The topological polar surface area (TPSA) is 21.3 Å². The van der Waals surface area contributed by atoms with E-state index >= 15 is 0 Å². The summed E-state index contributed by atoms with van der Waals surface area (Å²) in [6.07, 6.45) is 0. The molecule has 2 nitrogen and oxygen atoms in total. The summed E-state index contributed by atoms with van der Waals surface area (Å²) >= 11 is 15.9. The highest BCUT2D eigenvalue weighted by atomic mass is 79.9. The molecule has 0 radical (unpaired) electrons. The van der Waals surface area contributed by atoms with Gasteiger partial charge in [0.15, 0.2) is 0 Å². The molecule has 3 aromatic carbocycles. The fourth-order valence-corrected chi connectivity index (χ4v) is 3.51. The van der Waals surface area contributed by atoms with Gasteiger partial charge in [0.2, 0.25) is 0 Å². The highest BCUT2D eigenvalue weighted by Crippen LogP contribution is 2.28. The Labute approximate surface area is 176 Å². The quantitative estimate of drug-likeness (QED) is 0.413. The second kappa shape index (κ2) is 9.56. The van der Waals surface area contributed by atoms with Crippen LogP contribution in [0.4, 0.5) is 4.39 Å². The van der Waals surface area contributed by atoms with E-state index in [4.69, 9.17) is 27.9 Å². The van der Waals surface area contributed by atoms with Gasteiger partial charge in [-0.15, -0.1) is 0 Å². The lowest BCUT2D eigenvalue weighted by molar-refractivity contribution is 0.302. The van der Waals surface area contributed by atoms with Gasteiger partial charge < -0.3 is 10.1 Å². The van der Waals surface area contributed by atoms with E-state index in [0.717, 1.165) is 26.9 Å². The molecule has 0 amide bonds.